The molecule has 1 spiro atoms. The van der Waals surface area contributed by atoms with Crippen LogP contribution in [-0.4, -0.2) is 97.4 Å². The van der Waals surface area contributed by atoms with Crippen LogP contribution in [0.2, 0.25) is 0 Å². The Hall–Kier alpha value is -3.75. The van der Waals surface area contributed by atoms with Gasteiger partial charge in [-0.3, -0.25) is 14.7 Å². The van der Waals surface area contributed by atoms with Gasteiger partial charge in [0.1, 0.15) is 41.4 Å². The van der Waals surface area contributed by atoms with Crippen LogP contribution in [0.3, 0.4) is 0 Å². The van der Waals surface area contributed by atoms with E-state index in [-0.39, 0.29) is 46.6 Å². The summed E-state index contributed by atoms with van der Waals surface area (Å²) in [6.45, 7) is 4.28. The molecule has 2 aromatic heterocycles. The summed E-state index contributed by atoms with van der Waals surface area (Å²) in [5.74, 6) is -0.442. The van der Waals surface area contributed by atoms with Gasteiger partial charge in [0, 0.05) is 59.1 Å². The van der Waals surface area contributed by atoms with Gasteiger partial charge in [-0.25, -0.2) is 17.4 Å². The van der Waals surface area contributed by atoms with E-state index in [1.165, 1.54) is 24.4 Å². The number of pyridine rings is 1. The number of alkyl halides is 1. The third-order valence-corrected chi connectivity index (χ3v) is 12.7. The molecule has 0 saturated carbocycles. The van der Waals surface area contributed by atoms with Gasteiger partial charge in [-0.2, -0.15) is 9.97 Å². The Labute approximate surface area is 282 Å². The molecule has 14 heteroatoms. The van der Waals surface area contributed by atoms with Gasteiger partial charge in [-0.1, -0.05) is 13.0 Å². The number of morpholine rings is 1. The molecule has 260 valence electrons. The van der Waals surface area contributed by atoms with E-state index in [1.54, 1.807) is 6.07 Å². The minimum absolute atomic E-state index is 0.0510. The Morgan fingerprint density at radius 1 is 1.16 bits per heavy atom. The van der Waals surface area contributed by atoms with Gasteiger partial charge >= 0.3 is 6.01 Å². The van der Waals surface area contributed by atoms with E-state index >= 15 is 8.78 Å². The first kappa shape index (κ1) is 32.5. The van der Waals surface area contributed by atoms with Crippen molar-refractivity contribution in [3.05, 3.63) is 47.7 Å². The number of hydrogen-bond acceptors (Lipinski definition) is 10. The van der Waals surface area contributed by atoms with Gasteiger partial charge < -0.3 is 19.5 Å². The molecule has 6 heterocycles. The highest BCUT2D eigenvalue weighted by Gasteiger charge is 2.49. The standard InChI is InChI=1S/C35H39F3N6O4S/c1-2-24-27(37)5-4-21-14-23(45)15-25(28(21)24)30-29(38)31-26(17-40-30)32(43-10-11-48-35(19-43)7-12-49(39,46)13-8-35)42-33(41-31)47-20-34-6-3-9-44(34)18-22(36)16-34/h4-5,14-15,17,22,39,45H,2-3,6-13,16,18-20H2,1H3/t22-,34+,35?,49?/m1/s1. The largest absolute Gasteiger partial charge is 0.508 e. The zero-order chi connectivity index (χ0) is 34.1. The number of hydrogen-bond donors (Lipinski definition) is 2. The van der Waals surface area contributed by atoms with E-state index in [2.05, 4.69) is 14.9 Å². The summed E-state index contributed by atoms with van der Waals surface area (Å²) in [5.41, 5.74) is -0.640. The molecule has 0 unspecified atom stereocenters. The molecule has 4 aliphatic rings. The summed E-state index contributed by atoms with van der Waals surface area (Å²) in [6, 6.07) is 5.73. The molecule has 49 heavy (non-hydrogen) atoms. The molecule has 4 saturated heterocycles. The van der Waals surface area contributed by atoms with Gasteiger partial charge in [0.05, 0.1) is 23.1 Å². The lowest BCUT2D eigenvalue weighted by Crippen LogP contribution is -2.55. The van der Waals surface area contributed by atoms with Gasteiger partial charge in [0.2, 0.25) is 0 Å². The summed E-state index contributed by atoms with van der Waals surface area (Å²) in [6.07, 6.45) is 3.86. The maximum absolute atomic E-state index is 17.0. The van der Waals surface area contributed by atoms with Gasteiger partial charge in [0.25, 0.3) is 0 Å². The molecule has 2 N–H and O–H groups in total. The quantitative estimate of drug-likeness (QED) is 0.259. The molecule has 4 aromatic rings. The van der Waals surface area contributed by atoms with Crippen LogP contribution in [-0.2, 0) is 20.9 Å². The Kier molecular flexibility index (Phi) is 7.91. The molecule has 4 aliphatic heterocycles. The highest BCUT2D eigenvalue weighted by atomic mass is 32.2. The van der Waals surface area contributed by atoms with E-state index in [0.29, 0.717) is 79.5 Å². The van der Waals surface area contributed by atoms with Crippen LogP contribution in [0.5, 0.6) is 11.8 Å². The highest BCUT2D eigenvalue weighted by Crippen LogP contribution is 2.42. The zero-order valence-electron chi connectivity index (χ0n) is 27.3. The predicted molar refractivity (Wildman–Crippen MR) is 181 cm³/mol. The van der Waals surface area contributed by atoms with Gasteiger partial charge in [-0.05, 0) is 73.2 Å². The van der Waals surface area contributed by atoms with E-state index in [0.717, 1.165) is 19.4 Å². The summed E-state index contributed by atoms with van der Waals surface area (Å²) in [5, 5.41) is 12.0. The van der Waals surface area contributed by atoms with Crippen molar-refractivity contribution < 1.29 is 32.0 Å². The number of aryl methyl sites for hydroxylation is 1. The maximum atomic E-state index is 17.0. The molecule has 0 radical (unpaired) electrons. The Morgan fingerprint density at radius 2 is 1.98 bits per heavy atom. The fourth-order valence-electron chi connectivity index (χ4n) is 8.45. The minimum Gasteiger partial charge on any atom is -0.508 e. The molecule has 0 amide bonds. The number of phenols is 1. The maximum Gasteiger partial charge on any atom is 0.319 e. The number of anilines is 1. The van der Waals surface area contributed by atoms with E-state index < -0.39 is 38.7 Å². The molecular formula is C35H39F3N6O4S. The van der Waals surface area contributed by atoms with Crippen molar-refractivity contribution in [2.24, 2.45) is 0 Å². The van der Waals surface area contributed by atoms with Crippen molar-refractivity contribution in [3.8, 4) is 23.0 Å². The van der Waals surface area contributed by atoms with Crippen LogP contribution in [0.15, 0.2) is 30.5 Å². The van der Waals surface area contributed by atoms with Crippen LogP contribution in [0.25, 0.3) is 32.9 Å². The SMILES string of the molecule is CCc1c(F)ccc2cc(O)cc(-c3ncc4c(N5CCOC6(CCS(=N)(=O)CC6)C5)nc(OC[C@@]56CCCN5C[C@H](F)C6)nc4c3F)c12. The smallest absolute Gasteiger partial charge is 0.319 e. The summed E-state index contributed by atoms with van der Waals surface area (Å²) >= 11 is 0. The number of fused-ring (bicyclic) bond motifs is 3. The Bertz CT molecular complexity index is 2070. The number of aromatic hydroxyl groups is 1. The van der Waals surface area contributed by atoms with Crippen molar-refractivity contribution in [1.82, 2.24) is 19.9 Å². The Morgan fingerprint density at radius 3 is 2.78 bits per heavy atom. The minimum atomic E-state index is -2.65. The van der Waals surface area contributed by atoms with Gasteiger partial charge in [-0.15, -0.1) is 0 Å². The van der Waals surface area contributed by atoms with Crippen LogP contribution in [0, 0.1) is 16.4 Å². The van der Waals surface area contributed by atoms with E-state index in [4.69, 9.17) is 19.2 Å². The lowest BCUT2D eigenvalue weighted by molar-refractivity contribution is -0.0614. The molecule has 0 bridgehead atoms. The number of aromatic nitrogens is 3. The molecule has 10 nitrogen and oxygen atoms in total. The lowest BCUT2D eigenvalue weighted by atomic mass is 9.94. The molecule has 2 aromatic carbocycles. The topological polar surface area (TPSA) is 125 Å². The monoisotopic (exact) mass is 696 g/mol. The fraction of sp³-hybridized carbons (Fsp3) is 0.514. The first-order chi connectivity index (χ1) is 23.5. The molecular weight excluding hydrogens is 657 g/mol. The average Bonchev–Trinajstić information content (AvgIpc) is 3.61. The number of rotatable bonds is 6. The second kappa shape index (κ2) is 11.9. The number of ether oxygens (including phenoxy) is 2. The number of nitrogens with zero attached hydrogens (tertiary/aromatic N) is 5. The number of nitrogens with one attached hydrogen (secondary N) is 1. The van der Waals surface area contributed by atoms with Crippen LogP contribution < -0.4 is 9.64 Å². The molecule has 4 fully saturated rings. The van der Waals surface area contributed by atoms with Crippen molar-refractivity contribution in [2.45, 2.75) is 62.8 Å². The normalized spacial score (nSPS) is 28.9. The molecule has 0 aliphatic carbocycles. The van der Waals surface area contributed by atoms with Crippen molar-refractivity contribution in [2.75, 3.05) is 55.8 Å². The average molecular weight is 697 g/mol. The fourth-order valence-corrected chi connectivity index (χ4v) is 10.1. The summed E-state index contributed by atoms with van der Waals surface area (Å²) in [4.78, 5) is 18.0. The summed E-state index contributed by atoms with van der Waals surface area (Å²) in [7, 11) is -2.65. The second-order valence-electron chi connectivity index (χ2n) is 14.0. The van der Waals surface area contributed by atoms with Crippen LogP contribution >= 0.6 is 0 Å². The first-order valence-electron chi connectivity index (χ1n) is 16.9. The number of halogens is 3. The predicted octanol–water partition coefficient (Wildman–Crippen LogP) is 5.76. The lowest BCUT2D eigenvalue weighted by Gasteiger charge is -2.45. The molecule has 8 rings (SSSR count). The van der Waals surface area contributed by atoms with Crippen molar-refractivity contribution in [1.29, 1.82) is 4.78 Å². The zero-order valence-corrected chi connectivity index (χ0v) is 28.1. The third-order valence-electron chi connectivity index (χ3n) is 11.0. The Balaban J connectivity index is 1.25. The first-order valence-corrected chi connectivity index (χ1v) is 18.8. The van der Waals surface area contributed by atoms with Crippen LogP contribution in [0.1, 0.15) is 44.6 Å². The third kappa shape index (κ3) is 5.65. The summed E-state index contributed by atoms with van der Waals surface area (Å²) < 4.78 is 79.6. The number of phenolic OH excluding ortho intramolecular Hbond substituents is 1. The van der Waals surface area contributed by atoms with Crippen molar-refractivity contribution >= 4 is 37.2 Å². The second-order valence-corrected chi connectivity index (χ2v) is 16.5. The number of benzene rings is 2. The highest BCUT2D eigenvalue weighted by molar-refractivity contribution is 7.92. The molecule has 2 atom stereocenters. The van der Waals surface area contributed by atoms with Gasteiger partial charge in [0.15, 0.2) is 5.82 Å². The van der Waals surface area contributed by atoms with E-state index in [1.807, 2.05) is 11.8 Å². The van der Waals surface area contributed by atoms with Crippen molar-refractivity contribution in [3.63, 3.8) is 0 Å². The van der Waals surface area contributed by atoms with Crippen LogP contribution in [0.4, 0.5) is 19.0 Å². The van der Waals surface area contributed by atoms with E-state index in [9.17, 15) is 13.7 Å².